The Labute approximate surface area is 556 Å². The summed E-state index contributed by atoms with van der Waals surface area (Å²) in [6.07, 6.45) is 2.03. The van der Waals surface area contributed by atoms with Gasteiger partial charge in [0.1, 0.15) is 0 Å². The third-order valence-electron chi connectivity index (χ3n) is 22.1. The lowest BCUT2D eigenvalue weighted by Gasteiger charge is -2.33. The van der Waals surface area contributed by atoms with E-state index in [-0.39, 0.29) is 5.41 Å². The van der Waals surface area contributed by atoms with Gasteiger partial charge in [0.05, 0.1) is 16.5 Å². The van der Waals surface area contributed by atoms with Gasteiger partial charge in [-0.2, -0.15) is 0 Å². The van der Waals surface area contributed by atoms with E-state index >= 15 is 0 Å². The van der Waals surface area contributed by atoms with Gasteiger partial charge in [-0.1, -0.05) is 250 Å². The van der Waals surface area contributed by atoms with E-state index in [1.54, 1.807) is 0 Å². The van der Waals surface area contributed by atoms with E-state index < -0.39 is 10.8 Å². The average molecular weight is 1210 g/mol. The van der Waals surface area contributed by atoms with Crippen LogP contribution in [0.1, 0.15) is 87.9 Å². The predicted octanol–water partition coefficient (Wildman–Crippen LogP) is 24.2. The van der Waals surface area contributed by atoms with Crippen molar-refractivity contribution in [3.63, 3.8) is 0 Å². The SMILES string of the molecule is CCC1(CC)c2ccccc2-c2c(N(c3ccccc3)c3cccc(N(c4cc(C)cc(N(c5ccccc5)c5ccc6c(c5)-c5ccccc5C65c6ccccc6-c6ccccc65)c4)c4ccc5c(c4)-c4ccccc4C54c5ccccc5-c5ccccc54)c3)cccc21. The molecule has 3 heteroatoms. The minimum Gasteiger partial charge on any atom is -0.310 e. The van der Waals surface area contributed by atoms with E-state index in [9.17, 15) is 0 Å². The van der Waals surface area contributed by atoms with Crippen molar-refractivity contribution in [1.29, 1.82) is 0 Å². The van der Waals surface area contributed by atoms with Crippen LogP contribution in [0.3, 0.4) is 0 Å². The van der Waals surface area contributed by atoms with Gasteiger partial charge >= 0.3 is 0 Å². The molecular formula is C92H67N3. The van der Waals surface area contributed by atoms with Gasteiger partial charge in [0.15, 0.2) is 0 Å². The summed E-state index contributed by atoms with van der Waals surface area (Å²) in [6, 6.07) is 124. The lowest BCUT2D eigenvalue weighted by molar-refractivity contribution is 0.490. The lowest BCUT2D eigenvalue weighted by Crippen LogP contribution is -2.25. The Morgan fingerprint density at radius 2 is 0.526 bits per heavy atom. The Morgan fingerprint density at radius 3 is 0.968 bits per heavy atom. The van der Waals surface area contributed by atoms with Crippen molar-refractivity contribution in [2.45, 2.75) is 49.9 Å². The van der Waals surface area contributed by atoms with Crippen LogP contribution in [0.2, 0.25) is 0 Å². The molecule has 14 aromatic carbocycles. The fourth-order valence-corrected chi connectivity index (χ4v) is 18.4. The molecule has 5 aliphatic carbocycles. The van der Waals surface area contributed by atoms with Crippen LogP contribution in [-0.2, 0) is 16.2 Å². The van der Waals surface area contributed by atoms with Crippen molar-refractivity contribution >= 4 is 51.2 Å². The van der Waals surface area contributed by atoms with E-state index in [0.29, 0.717) is 0 Å². The van der Waals surface area contributed by atoms with Crippen molar-refractivity contribution in [3.05, 3.63) is 389 Å². The second kappa shape index (κ2) is 21.0. The monoisotopic (exact) mass is 1210 g/mol. The number of nitrogens with zero attached hydrogens (tertiary/aromatic N) is 3. The zero-order valence-corrected chi connectivity index (χ0v) is 53.4. The molecule has 2 spiro atoms. The number of hydrogen-bond donors (Lipinski definition) is 0. The van der Waals surface area contributed by atoms with Crippen molar-refractivity contribution in [1.82, 2.24) is 0 Å². The maximum Gasteiger partial charge on any atom is 0.0725 e. The minimum absolute atomic E-state index is 0.0895. The van der Waals surface area contributed by atoms with Gasteiger partial charge in [-0.05, 0) is 222 Å². The molecule has 0 aromatic heterocycles. The summed E-state index contributed by atoms with van der Waals surface area (Å²) in [5.74, 6) is 0. The molecule has 3 nitrogen and oxygen atoms in total. The van der Waals surface area contributed by atoms with E-state index in [2.05, 4.69) is 363 Å². The Balaban J connectivity index is 0.829. The molecule has 0 saturated carbocycles. The number of fused-ring (bicyclic) bond motifs is 23. The van der Waals surface area contributed by atoms with Gasteiger partial charge < -0.3 is 14.7 Å². The summed E-state index contributed by atoms with van der Waals surface area (Å²) in [5, 5.41) is 0. The molecule has 0 amide bonds. The number of rotatable bonds is 11. The Hall–Kier alpha value is -11.5. The molecular weight excluding hydrogens is 1150 g/mol. The van der Waals surface area contributed by atoms with E-state index in [1.807, 2.05) is 0 Å². The first-order valence-electron chi connectivity index (χ1n) is 33.8. The van der Waals surface area contributed by atoms with Crippen LogP contribution >= 0.6 is 0 Å². The Kier molecular flexibility index (Phi) is 12.2. The Morgan fingerprint density at radius 1 is 0.221 bits per heavy atom. The van der Waals surface area contributed by atoms with Gasteiger partial charge in [-0.3, -0.25) is 0 Å². The number of hydrogen-bond acceptors (Lipinski definition) is 3. The molecule has 5 aliphatic rings. The molecule has 0 N–H and O–H groups in total. The molecule has 450 valence electrons. The number of anilines is 9. The Bertz CT molecular complexity index is 5370. The summed E-state index contributed by atoms with van der Waals surface area (Å²) in [5.41, 5.74) is 36.2. The van der Waals surface area contributed by atoms with Crippen LogP contribution in [0.25, 0.3) is 55.6 Å². The third-order valence-corrected chi connectivity index (χ3v) is 22.1. The zero-order valence-electron chi connectivity index (χ0n) is 53.4. The molecule has 0 bridgehead atoms. The van der Waals surface area contributed by atoms with Crippen LogP contribution in [0, 0.1) is 6.92 Å². The highest BCUT2D eigenvalue weighted by Gasteiger charge is 2.53. The second-order valence-electron chi connectivity index (χ2n) is 26.5. The quantitative estimate of drug-likeness (QED) is 0.128. The molecule has 0 aliphatic heterocycles. The van der Waals surface area contributed by atoms with E-state index in [4.69, 9.17) is 0 Å². The van der Waals surface area contributed by atoms with Gasteiger partial charge in [0.2, 0.25) is 0 Å². The van der Waals surface area contributed by atoms with Gasteiger partial charge in [0, 0.05) is 56.5 Å². The van der Waals surface area contributed by atoms with E-state index in [1.165, 1.54) is 117 Å². The van der Waals surface area contributed by atoms with Crippen molar-refractivity contribution in [3.8, 4) is 55.6 Å². The summed E-state index contributed by atoms with van der Waals surface area (Å²) >= 11 is 0. The molecule has 0 fully saturated rings. The topological polar surface area (TPSA) is 9.72 Å². The number of aryl methyl sites for hydroxylation is 1. The molecule has 0 saturated heterocycles. The minimum atomic E-state index is -0.479. The zero-order chi connectivity index (χ0) is 63.2. The first-order valence-corrected chi connectivity index (χ1v) is 33.8. The van der Waals surface area contributed by atoms with Gasteiger partial charge in [-0.25, -0.2) is 0 Å². The summed E-state index contributed by atoms with van der Waals surface area (Å²) < 4.78 is 0. The second-order valence-corrected chi connectivity index (χ2v) is 26.5. The standard InChI is InChI=1S/C92H67N3/c1-4-90(5-2)78-41-19-18-40-75(78)89-87(90)48-27-49-88(89)95(62-30-10-7-11-31-62)64-33-26-32-63(56-64)94(66-51-53-86-77(59-66)74-39-17-25-47-84(74)92(86)81-44-22-14-36-71(81)72-37-15-23-45-82(72)92)68-55-60(3)54-67(57-68)93(61-28-8-6-9-29-61)65-50-52-85-76(58-65)73-38-16-24-46-83(73)91(85)79-42-20-12-34-69(79)70-35-13-21-43-80(70)91/h6-59H,4-5H2,1-3H3. The van der Waals surface area contributed by atoms with Crippen LogP contribution in [-0.4, -0.2) is 0 Å². The summed E-state index contributed by atoms with van der Waals surface area (Å²) in [4.78, 5) is 7.51. The summed E-state index contributed by atoms with van der Waals surface area (Å²) in [6.45, 7) is 6.99. The highest BCUT2D eigenvalue weighted by atomic mass is 15.2. The third kappa shape index (κ3) is 7.58. The van der Waals surface area contributed by atoms with Gasteiger partial charge in [-0.15, -0.1) is 0 Å². The lowest BCUT2D eigenvalue weighted by atomic mass is 9.70. The van der Waals surface area contributed by atoms with Crippen LogP contribution in [0.5, 0.6) is 0 Å². The molecule has 14 aromatic rings. The van der Waals surface area contributed by atoms with Crippen LogP contribution in [0.15, 0.2) is 328 Å². The molecule has 19 rings (SSSR count). The molecule has 0 radical (unpaired) electrons. The largest absolute Gasteiger partial charge is 0.310 e. The normalized spacial score (nSPS) is 14.2. The molecule has 0 heterocycles. The molecule has 95 heavy (non-hydrogen) atoms. The fourth-order valence-electron chi connectivity index (χ4n) is 18.4. The first-order chi connectivity index (χ1) is 46.9. The smallest absolute Gasteiger partial charge is 0.0725 e. The highest BCUT2D eigenvalue weighted by Crippen LogP contribution is 2.66. The maximum atomic E-state index is 2.53. The van der Waals surface area contributed by atoms with Crippen molar-refractivity contribution in [2.75, 3.05) is 14.7 Å². The van der Waals surface area contributed by atoms with Crippen LogP contribution in [0.4, 0.5) is 51.2 Å². The average Bonchev–Trinajstić information content (AvgIpc) is 1.52. The molecule has 0 atom stereocenters. The fraction of sp³-hybridized carbons (Fsp3) is 0.0870. The van der Waals surface area contributed by atoms with Crippen molar-refractivity contribution < 1.29 is 0 Å². The van der Waals surface area contributed by atoms with Crippen molar-refractivity contribution in [2.24, 2.45) is 0 Å². The van der Waals surface area contributed by atoms with E-state index in [0.717, 1.165) is 63.9 Å². The summed E-state index contributed by atoms with van der Waals surface area (Å²) in [7, 11) is 0. The first kappa shape index (κ1) is 55.1. The van der Waals surface area contributed by atoms with Crippen LogP contribution < -0.4 is 14.7 Å². The molecule has 0 unspecified atom stereocenters. The number of benzene rings is 14. The number of para-hydroxylation sites is 2. The highest BCUT2D eigenvalue weighted by molar-refractivity contribution is 6.01. The van der Waals surface area contributed by atoms with Gasteiger partial charge in [0.25, 0.3) is 0 Å². The maximum absolute atomic E-state index is 2.53. The predicted molar refractivity (Wildman–Crippen MR) is 395 cm³/mol.